The van der Waals surface area contributed by atoms with Crippen LogP contribution in [0.5, 0.6) is 5.75 Å². The highest BCUT2D eigenvalue weighted by Gasteiger charge is 2.09. The summed E-state index contributed by atoms with van der Waals surface area (Å²) in [5.41, 5.74) is 2.00. The van der Waals surface area contributed by atoms with Gasteiger partial charge in [0.2, 0.25) is 0 Å². The molecule has 0 saturated heterocycles. The fourth-order valence-corrected chi connectivity index (χ4v) is 2.11. The molecule has 132 valence electrons. The van der Waals surface area contributed by atoms with Crippen LogP contribution in [0.2, 0.25) is 0 Å². The molecule has 0 atom stereocenters. The van der Waals surface area contributed by atoms with Crippen molar-refractivity contribution in [2.24, 2.45) is 0 Å². The van der Waals surface area contributed by atoms with E-state index in [9.17, 15) is 9.59 Å². The van der Waals surface area contributed by atoms with Crippen LogP contribution in [-0.4, -0.2) is 35.6 Å². The van der Waals surface area contributed by atoms with Gasteiger partial charge in [0.15, 0.2) is 0 Å². The van der Waals surface area contributed by atoms with Crippen LogP contribution in [-0.2, 0) is 17.9 Å². The summed E-state index contributed by atoms with van der Waals surface area (Å²) in [6, 6.07) is 17.1. The number of carbonyl (C=O) groups excluding carboxylic acids is 1. The highest BCUT2D eigenvalue weighted by molar-refractivity contribution is 5.75. The second-order valence-corrected chi connectivity index (χ2v) is 5.64. The Balaban J connectivity index is 1.76. The predicted molar refractivity (Wildman–Crippen MR) is 94.3 cm³/mol. The lowest BCUT2D eigenvalue weighted by Gasteiger charge is -2.17. The van der Waals surface area contributed by atoms with E-state index in [0.29, 0.717) is 13.2 Å². The summed E-state index contributed by atoms with van der Waals surface area (Å²) in [5, 5.41) is 11.4. The fraction of sp³-hybridized carbons (Fsp3) is 0.263. The van der Waals surface area contributed by atoms with Crippen molar-refractivity contribution in [1.29, 1.82) is 0 Å². The molecule has 0 fully saturated rings. The molecule has 0 radical (unpaired) electrons. The third-order valence-corrected chi connectivity index (χ3v) is 3.62. The summed E-state index contributed by atoms with van der Waals surface area (Å²) < 4.78 is 5.68. The molecule has 0 heterocycles. The van der Waals surface area contributed by atoms with Gasteiger partial charge in [-0.1, -0.05) is 42.5 Å². The van der Waals surface area contributed by atoms with Crippen molar-refractivity contribution in [3.8, 4) is 5.75 Å². The van der Waals surface area contributed by atoms with Crippen LogP contribution < -0.4 is 10.1 Å². The van der Waals surface area contributed by atoms with Gasteiger partial charge in [-0.3, -0.25) is 4.79 Å². The number of para-hydroxylation sites is 1. The van der Waals surface area contributed by atoms with E-state index >= 15 is 0 Å². The zero-order chi connectivity index (χ0) is 18.1. The van der Waals surface area contributed by atoms with E-state index in [1.165, 1.54) is 4.90 Å². The van der Waals surface area contributed by atoms with Gasteiger partial charge < -0.3 is 20.1 Å². The van der Waals surface area contributed by atoms with E-state index in [1.807, 2.05) is 54.6 Å². The molecule has 2 aromatic rings. The first-order valence-corrected chi connectivity index (χ1v) is 8.01. The van der Waals surface area contributed by atoms with Gasteiger partial charge in [-0.2, -0.15) is 0 Å². The van der Waals surface area contributed by atoms with Crippen LogP contribution in [0.15, 0.2) is 54.6 Å². The summed E-state index contributed by atoms with van der Waals surface area (Å²) in [6.45, 7) is 1.04. The highest BCUT2D eigenvalue weighted by Crippen LogP contribution is 2.12. The minimum Gasteiger partial charge on any atom is -0.489 e. The molecule has 0 aliphatic rings. The summed E-state index contributed by atoms with van der Waals surface area (Å²) in [7, 11) is 1.57. The van der Waals surface area contributed by atoms with E-state index in [2.05, 4.69) is 5.32 Å². The summed E-state index contributed by atoms with van der Waals surface area (Å²) in [5.74, 6) is -0.101. The van der Waals surface area contributed by atoms with Gasteiger partial charge in [0.25, 0.3) is 0 Å². The Kier molecular flexibility index (Phi) is 6.83. The van der Waals surface area contributed by atoms with Crippen LogP contribution in [0.3, 0.4) is 0 Å². The first-order valence-electron chi connectivity index (χ1n) is 8.01. The van der Waals surface area contributed by atoms with Crippen LogP contribution in [0.1, 0.15) is 17.5 Å². The molecule has 0 spiro atoms. The first kappa shape index (κ1) is 18.3. The average molecular weight is 342 g/mol. The number of urea groups is 1. The molecule has 0 aliphatic carbocycles. The number of hydrogen-bond donors (Lipinski definition) is 2. The van der Waals surface area contributed by atoms with Crippen molar-refractivity contribution in [3.63, 3.8) is 0 Å². The van der Waals surface area contributed by atoms with Gasteiger partial charge in [0.1, 0.15) is 12.4 Å². The number of hydrogen-bond acceptors (Lipinski definition) is 3. The average Bonchev–Trinajstić information content (AvgIpc) is 2.64. The van der Waals surface area contributed by atoms with Crippen molar-refractivity contribution in [3.05, 3.63) is 65.7 Å². The Morgan fingerprint density at radius 3 is 2.32 bits per heavy atom. The Morgan fingerprint density at radius 1 is 1.04 bits per heavy atom. The number of aliphatic carboxylic acids is 1. The lowest BCUT2D eigenvalue weighted by Crippen LogP contribution is -2.37. The summed E-state index contributed by atoms with van der Waals surface area (Å²) >= 11 is 0. The number of nitrogens with zero attached hydrogens (tertiary/aromatic N) is 1. The van der Waals surface area contributed by atoms with Crippen molar-refractivity contribution in [1.82, 2.24) is 10.2 Å². The van der Waals surface area contributed by atoms with Crippen LogP contribution >= 0.6 is 0 Å². The number of carbonyl (C=O) groups is 2. The number of rotatable bonds is 8. The van der Waals surface area contributed by atoms with Crippen LogP contribution in [0.25, 0.3) is 0 Å². The smallest absolute Gasteiger partial charge is 0.317 e. The maximum absolute atomic E-state index is 11.9. The molecule has 0 bridgehead atoms. The molecular formula is C19H22N2O4. The molecule has 0 unspecified atom stereocenters. The van der Waals surface area contributed by atoms with E-state index in [1.54, 1.807) is 7.05 Å². The van der Waals surface area contributed by atoms with Crippen molar-refractivity contribution < 1.29 is 19.4 Å². The Labute approximate surface area is 147 Å². The van der Waals surface area contributed by atoms with E-state index in [0.717, 1.165) is 16.9 Å². The molecule has 6 heteroatoms. The quantitative estimate of drug-likeness (QED) is 0.773. The molecule has 0 aromatic heterocycles. The molecule has 2 amide bonds. The molecule has 0 aliphatic heterocycles. The van der Waals surface area contributed by atoms with Gasteiger partial charge in [-0.05, 0) is 23.3 Å². The van der Waals surface area contributed by atoms with Gasteiger partial charge in [-0.15, -0.1) is 0 Å². The third-order valence-electron chi connectivity index (χ3n) is 3.62. The standard InChI is InChI=1S/C19H22N2O4/c1-21(12-11-18(22)23)19(24)20-13-15-7-9-16(10-8-15)14-25-17-5-3-2-4-6-17/h2-10H,11-14H2,1H3,(H,20,24)(H,22,23). The van der Waals surface area contributed by atoms with E-state index in [4.69, 9.17) is 9.84 Å². The Morgan fingerprint density at radius 2 is 1.68 bits per heavy atom. The van der Waals surface area contributed by atoms with Crippen molar-refractivity contribution >= 4 is 12.0 Å². The number of ether oxygens (including phenoxy) is 1. The molecule has 2 aromatic carbocycles. The normalized spacial score (nSPS) is 10.1. The molecule has 0 saturated carbocycles. The lowest BCUT2D eigenvalue weighted by atomic mass is 10.1. The maximum atomic E-state index is 11.9. The maximum Gasteiger partial charge on any atom is 0.317 e. The van der Waals surface area contributed by atoms with E-state index < -0.39 is 5.97 Å². The van der Waals surface area contributed by atoms with Gasteiger partial charge >= 0.3 is 12.0 Å². The summed E-state index contributed by atoms with van der Waals surface area (Å²) in [4.78, 5) is 23.7. The molecule has 2 N–H and O–H groups in total. The highest BCUT2D eigenvalue weighted by atomic mass is 16.5. The van der Waals surface area contributed by atoms with E-state index in [-0.39, 0.29) is 19.0 Å². The Hall–Kier alpha value is -3.02. The second-order valence-electron chi connectivity index (χ2n) is 5.64. The minimum absolute atomic E-state index is 0.0694. The minimum atomic E-state index is -0.923. The van der Waals surface area contributed by atoms with Crippen molar-refractivity contribution in [2.75, 3.05) is 13.6 Å². The van der Waals surface area contributed by atoms with Crippen LogP contribution in [0, 0.1) is 0 Å². The molecular weight excluding hydrogens is 320 g/mol. The topological polar surface area (TPSA) is 78.9 Å². The van der Waals surface area contributed by atoms with Crippen molar-refractivity contribution in [2.45, 2.75) is 19.6 Å². The van der Waals surface area contributed by atoms with Gasteiger partial charge in [0, 0.05) is 20.1 Å². The lowest BCUT2D eigenvalue weighted by molar-refractivity contribution is -0.137. The second kappa shape index (κ2) is 9.32. The SMILES string of the molecule is CN(CCC(=O)O)C(=O)NCc1ccc(COc2ccccc2)cc1. The summed E-state index contributed by atoms with van der Waals surface area (Å²) in [6.07, 6.45) is -0.0694. The zero-order valence-electron chi connectivity index (χ0n) is 14.1. The predicted octanol–water partition coefficient (Wildman–Crippen LogP) is 2.88. The first-order chi connectivity index (χ1) is 12.0. The molecule has 6 nitrogen and oxygen atoms in total. The van der Waals surface area contributed by atoms with Gasteiger partial charge in [0.05, 0.1) is 6.42 Å². The van der Waals surface area contributed by atoms with Gasteiger partial charge in [-0.25, -0.2) is 4.79 Å². The number of amides is 2. The monoisotopic (exact) mass is 342 g/mol. The number of benzene rings is 2. The van der Waals surface area contributed by atoms with Crippen LogP contribution in [0.4, 0.5) is 4.79 Å². The number of carboxylic acid groups (broad SMARTS) is 1. The number of carboxylic acids is 1. The third kappa shape index (κ3) is 6.55. The molecule has 2 rings (SSSR count). The Bertz CT molecular complexity index is 686. The zero-order valence-corrected chi connectivity index (χ0v) is 14.1. The largest absolute Gasteiger partial charge is 0.489 e. The molecule has 25 heavy (non-hydrogen) atoms. The fourth-order valence-electron chi connectivity index (χ4n) is 2.11. The number of nitrogens with one attached hydrogen (secondary N) is 1.